The van der Waals surface area contributed by atoms with E-state index in [9.17, 15) is 0 Å². The van der Waals surface area contributed by atoms with Crippen molar-refractivity contribution in [1.29, 1.82) is 0 Å². The number of aromatic nitrogens is 1. The van der Waals surface area contributed by atoms with E-state index in [0.29, 0.717) is 0 Å². The molecule has 0 fully saturated rings. The summed E-state index contributed by atoms with van der Waals surface area (Å²) in [6, 6.07) is 8.68. The van der Waals surface area contributed by atoms with Crippen LogP contribution < -0.4 is 10.6 Å². The fourth-order valence-electron chi connectivity index (χ4n) is 2.68. The van der Waals surface area contributed by atoms with Gasteiger partial charge in [-0.1, -0.05) is 24.3 Å². The number of nitrogens with zero attached hydrogens (tertiary/aromatic N) is 2. The molecule has 2 aromatic rings. The molecule has 1 aliphatic rings. The number of hydrogen-bond acceptors (Lipinski definition) is 3. The van der Waals surface area contributed by atoms with Crippen LogP contribution in [0.2, 0.25) is 0 Å². The second kappa shape index (κ2) is 5.44. The number of hydrogen-bond donors (Lipinski definition) is 1. The van der Waals surface area contributed by atoms with Crippen LogP contribution in [0.3, 0.4) is 0 Å². The third kappa shape index (κ3) is 2.40. The van der Waals surface area contributed by atoms with Gasteiger partial charge < -0.3 is 10.6 Å². The van der Waals surface area contributed by atoms with Crippen molar-refractivity contribution in [1.82, 2.24) is 4.98 Å². The van der Waals surface area contributed by atoms with Gasteiger partial charge in [0, 0.05) is 13.1 Å². The number of benzene rings is 1. The van der Waals surface area contributed by atoms with Crippen molar-refractivity contribution in [3.63, 3.8) is 0 Å². The first-order valence-electron chi connectivity index (χ1n) is 6.89. The van der Waals surface area contributed by atoms with Gasteiger partial charge in [-0.05, 0) is 52.4 Å². The lowest BCUT2D eigenvalue weighted by Crippen LogP contribution is -2.24. The molecule has 0 saturated carbocycles. The van der Waals surface area contributed by atoms with Crippen molar-refractivity contribution < 1.29 is 0 Å². The Morgan fingerprint density at radius 2 is 2.00 bits per heavy atom. The van der Waals surface area contributed by atoms with Gasteiger partial charge in [-0.25, -0.2) is 4.98 Å². The average molecular weight is 332 g/mol. The van der Waals surface area contributed by atoms with Gasteiger partial charge in [0.05, 0.1) is 16.4 Å². The first-order valence-corrected chi connectivity index (χ1v) is 7.68. The van der Waals surface area contributed by atoms with E-state index in [1.54, 1.807) is 6.20 Å². The Morgan fingerprint density at radius 1 is 1.25 bits per heavy atom. The summed E-state index contributed by atoms with van der Waals surface area (Å²) in [6.07, 6.45) is 4.04. The van der Waals surface area contributed by atoms with E-state index in [0.717, 1.165) is 47.5 Å². The summed E-state index contributed by atoms with van der Waals surface area (Å²) in [5.74, 6) is 0.994. The zero-order valence-electron chi connectivity index (χ0n) is 11.6. The molecule has 4 heteroatoms. The number of pyridine rings is 1. The van der Waals surface area contributed by atoms with Crippen molar-refractivity contribution in [3.8, 4) is 0 Å². The van der Waals surface area contributed by atoms with E-state index in [2.05, 4.69) is 50.1 Å². The molecule has 0 saturated heterocycles. The molecule has 1 aromatic carbocycles. The molecule has 2 N–H and O–H groups in total. The van der Waals surface area contributed by atoms with Gasteiger partial charge in [0.2, 0.25) is 0 Å². The van der Waals surface area contributed by atoms with E-state index in [1.807, 2.05) is 6.92 Å². The third-order valence-electron chi connectivity index (χ3n) is 3.94. The van der Waals surface area contributed by atoms with Gasteiger partial charge >= 0.3 is 0 Å². The summed E-state index contributed by atoms with van der Waals surface area (Å²) in [6.45, 7) is 3.95. The predicted octanol–water partition coefficient (Wildman–Crippen LogP) is 3.69. The highest BCUT2D eigenvalue weighted by atomic mass is 79.9. The molecule has 0 spiro atoms. The molecular weight excluding hydrogens is 314 g/mol. The smallest absolute Gasteiger partial charge is 0.143 e. The highest BCUT2D eigenvalue weighted by Gasteiger charge is 2.18. The summed E-state index contributed by atoms with van der Waals surface area (Å²) in [4.78, 5) is 6.87. The second-order valence-electron chi connectivity index (χ2n) is 5.27. The van der Waals surface area contributed by atoms with Gasteiger partial charge in [0.15, 0.2) is 0 Å². The first kappa shape index (κ1) is 13.4. The van der Waals surface area contributed by atoms with E-state index in [-0.39, 0.29) is 0 Å². The van der Waals surface area contributed by atoms with E-state index >= 15 is 0 Å². The molecule has 0 radical (unpaired) electrons. The van der Waals surface area contributed by atoms with E-state index in [1.165, 1.54) is 11.1 Å². The van der Waals surface area contributed by atoms with Gasteiger partial charge in [0.25, 0.3) is 0 Å². The summed E-state index contributed by atoms with van der Waals surface area (Å²) >= 11 is 3.65. The van der Waals surface area contributed by atoms with E-state index in [4.69, 9.17) is 5.73 Å². The van der Waals surface area contributed by atoms with Gasteiger partial charge in [-0.3, -0.25) is 0 Å². The van der Waals surface area contributed by atoms with Crippen molar-refractivity contribution in [2.45, 2.75) is 26.3 Å². The van der Waals surface area contributed by atoms with Gasteiger partial charge in [-0.2, -0.15) is 0 Å². The maximum Gasteiger partial charge on any atom is 0.143 e. The highest BCUT2D eigenvalue weighted by Crippen LogP contribution is 2.32. The quantitative estimate of drug-likeness (QED) is 0.866. The van der Waals surface area contributed by atoms with Crippen LogP contribution in [0.5, 0.6) is 0 Å². The van der Waals surface area contributed by atoms with Crippen molar-refractivity contribution in [2.75, 3.05) is 17.2 Å². The topological polar surface area (TPSA) is 42.1 Å². The van der Waals surface area contributed by atoms with Gasteiger partial charge in [0.1, 0.15) is 5.82 Å². The number of anilines is 2. The van der Waals surface area contributed by atoms with Crippen LogP contribution in [0, 0.1) is 6.92 Å². The largest absolute Gasteiger partial charge is 0.397 e. The van der Waals surface area contributed by atoms with Crippen molar-refractivity contribution in [2.24, 2.45) is 0 Å². The Kier molecular flexibility index (Phi) is 3.66. The van der Waals surface area contributed by atoms with Crippen LogP contribution in [0.1, 0.15) is 23.1 Å². The fourth-order valence-corrected chi connectivity index (χ4v) is 3.26. The van der Waals surface area contributed by atoms with E-state index < -0.39 is 0 Å². The lowest BCUT2D eigenvalue weighted by atomic mass is 10.0. The Balaban J connectivity index is 1.98. The molecule has 2 heterocycles. The lowest BCUT2D eigenvalue weighted by Gasteiger charge is -2.24. The van der Waals surface area contributed by atoms with Crippen LogP contribution in [-0.2, 0) is 13.0 Å². The maximum absolute atomic E-state index is 5.92. The second-order valence-corrected chi connectivity index (χ2v) is 6.06. The standard InChI is InChI=1S/C16H18BrN3/c1-11-14(18)9-19-16(15(11)17)20-8-4-7-12-5-2-3-6-13(12)10-20/h2-3,5-6,9H,4,7-8,10,18H2,1H3. The summed E-state index contributed by atoms with van der Waals surface area (Å²) in [5.41, 5.74) is 10.6. The minimum absolute atomic E-state index is 0.732. The molecule has 0 bridgehead atoms. The number of nitrogens with two attached hydrogens (primary N) is 1. The van der Waals surface area contributed by atoms with Gasteiger partial charge in [-0.15, -0.1) is 0 Å². The molecule has 0 amide bonds. The van der Waals surface area contributed by atoms with Crippen molar-refractivity contribution >= 4 is 27.4 Å². The molecular formula is C16H18BrN3. The van der Waals surface area contributed by atoms with Crippen molar-refractivity contribution in [3.05, 3.63) is 51.6 Å². The van der Waals surface area contributed by atoms with Crippen LogP contribution in [-0.4, -0.2) is 11.5 Å². The summed E-state index contributed by atoms with van der Waals surface area (Å²) in [5, 5.41) is 0. The molecule has 0 atom stereocenters. The third-order valence-corrected chi connectivity index (χ3v) is 4.89. The molecule has 1 aromatic heterocycles. The Hall–Kier alpha value is -1.55. The lowest BCUT2D eigenvalue weighted by molar-refractivity contribution is 0.752. The molecule has 20 heavy (non-hydrogen) atoms. The molecule has 3 nitrogen and oxygen atoms in total. The maximum atomic E-state index is 5.92. The van der Waals surface area contributed by atoms with Crippen LogP contribution in [0.25, 0.3) is 0 Å². The SMILES string of the molecule is Cc1c(N)cnc(N2CCCc3ccccc3C2)c1Br. The summed E-state index contributed by atoms with van der Waals surface area (Å²) in [7, 11) is 0. The zero-order valence-corrected chi connectivity index (χ0v) is 13.2. The highest BCUT2D eigenvalue weighted by molar-refractivity contribution is 9.10. The fraction of sp³-hybridized carbons (Fsp3) is 0.312. The van der Waals surface area contributed by atoms with Crippen LogP contribution in [0.15, 0.2) is 34.9 Å². The molecule has 3 rings (SSSR count). The molecule has 104 valence electrons. The zero-order chi connectivity index (χ0) is 14.1. The molecule has 1 aliphatic heterocycles. The normalized spacial score (nSPS) is 14.8. The minimum Gasteiger partial charge on any atom is -0.397 e. The monoisotopic (exact) mass is 331 g/mol. The number of rotatable bonds is 1. The van der Waals surface area contributed by atoms with Crippen LogP contribution >= 0.6 is 15.9 Å². The minimum atomic E-state index is 0.732. The first-order chi connectivity index (χ1) is 9.66. The Morgan fingerprint density at radius 3 is 2.80 bits per heavy atom. The Bertz CT molecular complexity index is 640. The number of nitrogen functional groups attached to an aromatic ring is 1. The Labute approximate surface area is 127 Å². The average Bonchev–Trinajstić information content (AvgIpc) is 2.67. The number of aryl methyl sites for hydroxylation is 1. The molecule has 0 aliphatic carbocycles. The van der Waals surface area contributed by atoms with Crippen LogP contribution in [0.4, 0.5) is 11.5 Å². The summed E-state index contributed by atoms with van der Waals surface area (Å²) < 4.78 is 1.01. The number of fused-ring (bicyclic) bond motifs is 1. The molecule has 0 unspecified atom stereocenters. The predicted molar refractivity (Wildman–Crippen MR) is 86.9 cm³/mol. The number of halogens is 1.